The molecule has 2 atom stereocenters. The van der Waals surface area contributed by atoms with Crippen molar-refractivity contribution in [3.63, 3.8) is 0 Å². The number of carboxylic acids is 1. The van der Waals surface area contributed by atoms with Gasteiger partial charge in [0.05, 0.1) is 0 Å². The summed E-state index contributed by atoms with van der Waals surface area (Å²) >= 11 is 0. The van der Waals surface area contributed by atoms with E-state index in [1.807, 2.05) is 54.6 Å². The quantitative estimate of drug-likeness (QED) is 0.438. The van der Waals surface area contributed by atoms with E-state index in [4.69, 9.17) is 4.74 Å². The number of carbonyl (C=O) groups is 2. The Morgan fingerprint density at radius 3 is 2.38 bits per heavy atom. The lowest BCUT2D eigenvalue weighted by atomic mass is 9.97. The number of aliphatic carboxylic acids is 1. The molecule has 0 amide bonds. The summed E-state index contributed by atoms with van der Waals surface area (Å²) in [6, 6.07) is 25.0. The van der Waals surface area contributed by atoms with E-state index >= 15 is 0 Å². The highest BCUT2D eigenvalue weighted by atomic mass is 19.1. The molecule has 1 N–H and O–H groups in total. The summed E-state index contributed by atoms with van der Waals surface area (Å²) in [6.07, 6.45) is -1.32. The summed E-state index contributed by atoms with van der Waals surface area (Å²) in [5, 5.41) is 11.8. The molecule has 4 aromatic carbocycles. The van der Waals surface area contributed by atoms with Gasteiger partial charge in [0, 0.05) is 6.42 Å². The molecular formula is C27H19FO4. The number of carboxylic acid groups (broad SMARTS) is 1. The number of esters is 1. The van der Waals surface area contributed by atoms with Gasteiger partial charge in [0.15, 0.2) is 0 Å². The molecule has 0 heterocycles. The van der Waals surface area contributed by atoms with Crippen LogP contribution in [-0.2, 0) is 20.7 Å². The summed E-state index contributed by atoms with van der Waals surface area (Å²) < 4.78 is 19.5. The van der Waals surface area contributed by atoms with E-state index in [1.54, 1.807) is 18.2 Å². The maximum absolute atomic E-state index is 14.0. The number of ether oxygens (including phenoxy) is 1. The highest BCUT2D eigenvalue weighted by Crippen LogP contribution is 2.45. The largest absolute Gasteiger partial charge is 0.478 e. The maximum Gasteiger partial charge on any atom is 0.345 e. The first-order chi connectivity index (χ1) is 15.5. The van der Waals surface area contributed by atoms with Crippen molar-refractivity contribution >= 4 is 22.7 Å². The molecule has 5 rings (SSSR count). The number of halogens is 1. The fourth-order valence-electron chi connectivity index (χ4n) is 4.40. The molecule has 0 spiro atoms. The van der Waals surface area contributed by atoms with Crippen LogP contribution in [0, 0.1) is 5.82 Å². The van der Waals surface area contributed by atoms with E-state index in [0.717, 1.165) is 27.5 Å². The Morgan fingerprint density at radius 1 is 0.844 bits per heavy atom. The number of hydrogen-bond acceptors (Lipinski definition) is 3. The molecular weight excluding hydrogens is 407 g/mol. The van der Waals surface area contributed by atoms with Crippen molar-refractivity contribution in [2.75, 3.05) is 0 Å². The van der Waals surface area contributed by atoms with Crippen LogP contribution in [0.2, 0.25) is 0 Å². The van der Waals surface area contributed by atoms with Crippen molar-refractivity contribution in [2.24, 2.45) is 0 Å². The molecule has 0 radical (unpaired) electrons. The van der Waals surface area contributed by atoms with Gasteiger partial charge in [0.25, 0.3) is 0 Å². The first-order valence-corrected chi connectivity index (χ1v) is 10.3. The molecule has 4 nitrogen and oxygen atoms in total. The number of rotatable bonds is 5. The minimum Gasteiger partial charge on any atom is -0.478 e. The Labute approximate surface area is 183 Å². The first kappa shape index (κ1) is 19.9. The third-order valence-corrected chi connectivity index (χ3v) is 5.89. The van der Waals surface area contributed by atoms with Gasteiger partial charge in [-0.15, -0.1) is 0 Å². The zero-order valence-corrected chi connectivity index (χ0v) is 17.0. The smallest absolute Gasteiger partial charge is 0.345 e. The lowest BCUT2D eigenvalue weighted by Gasteiger charge is -2.18. The highest BCUT2D eigenvalue weighted by Gasteiger charge is 2.37. The molecule has 1 aliphatic carbocycles. The van der Waals surface area contributed by atoms with Gasteiger partial charge in [-0.1, -0.05) is 72.8 Å². The summed E-state index contributed by atoms with van der Waals surface area (Å²) in [4.78, 5) is 25.1. The van der Waals surface area contributed by atoms with E-state index in [-0.39, 0.29) is 6.42 Å². The Morgan fingerprint density at radius 2 is 1.56 bits per heavy atom. The van der Waals surface area contributed by atoms with Gasteiger partial charge in [0.1, 0.15) is 11.7 Å². The third-order valence-electron chi connectivity index (χ3n) is 5.89. The van der Waals surface area contributed by atoms with Gasteiger partial charge in [-0.25, -0.2) is 9.18 Å². The van der Waals surface area contributed by atoms with Crippen molar-refractivity contribution in [2.45, 2.75) is 18.4 Å². The molecule has 32 heavy (non-hydrogen) atoms. The van der Waals surface area contributed by atoms with Crippen molar-refractivity contribution in [3.8, 4) is 11.1 Å². The number of fused-ring (bicyclic) bond motifs is 4. The first-order valence-electron chi connectivity index (χ1n) is 10.3. The molecule has 0 aliphatic heterocycles. The van der Waals surface area contributed by atoms with Crippen LogP contribution in [0.3, 0.4) is 0 Å². The van der Waals surface area contributed by atoms with Gasteiger partial charge in [-0.05, 0) is 50.7 Å². The van der Waals surface area contributed by atoms with E-state index < -0.39 is 29.8 Å². The number of hydrogen-bond donors (Lipinski definition) is 1. The van der Waals surface area contributed by atoms with E-state index in [2.05, 4.69) is 0 Å². The molecule has 0 bridgehead atoms. The van der Waals surface area contributed by atoms with Crippen LogP contribution in [-0.4, -0.2) is 23.1 Å². The molecule has 0 fully saturated rings. The molecule has 4 aromatic rings. The molecule has 1 unspecified atom stereocenters. The van der Waals surface area contributed by atoms with Gasteiger partial charge < -0.3 is 9.84 Å². The summed E-state index contributed by atoms with van der Waals surface area (Å²) in [5.74, 6) is -3.25. The summed E-state index contributed by atoms with van der Waals surface area (Å²) in [5.41, 5.74) is 3.51. The monoisotopic (exact) mass is 426 g/mol. The van der Waals surface area contributed by atoms with Crippen LogP contribution >= 0.6 is 0 Å². The Kier molecular flexibility index (Phi) is 4.94. The second kappa shape index (κ2) is 7.93. The lowest BCUT2D eigenvalue weighted by Crippen LogP contribution is -2.31. The molecule has 0 saturated carbocycles. The SMILES string of the molecule is O=C(O[C@H](Cc1ccc2ccccc2c1)C(=O)O)C1c2ccccc2-c2ccc(F)cc21. The van der Waals surface area contributed by atoms with Crippen molar-refractivity contribution < 1.29 is 23.8 Å². The van der Waals surface area contributed by atoms with E-state index in [9.17, 15) is 19.1 Å². The Bertz CT molecular complexity index is 1360. The van der Waals surface area contributed by atoms with Crippen LogP contribution in [0.1, 0.15) is 22.6 Å². The second-order valence-electron chi connectivity index (χ2n) is 7.90. The Hall–Kier alpha value is -3.99. The average Bonchev–Trinajstić information content (AvgIpc) is 3.12. The van der Waals surface area contributed by atoms with Crippen molar-refractivity contribution in [1.29, 1.82) is 0 Å². The lowest BCUT2D eigenvalue weighted by molar-refractivity contribution is -0.164. The third kappa shape index (κ3) is 3.52. The predicted octanol–water partition coefficient (Wildman–Crippen LogP) is 5.33. The molecule has 1 aliphatic rings. The standard InChI is InChI=1S/C27H19FO4/c28-19-11-12-21-20-7-3-4-8-22(20)25(23(21)15-19)27(31)32-24(26(29)30)14-16-9-10-17-5-1-2-6-18(17)13-16/h1-13,15,24-25H,14H2,(H,29,30)/t24-,25?/m1/s1. The minimum atomic E-state index is -1.35. The minimum absolute atomic E-state index is 0.0380. The van der Waals surface area contributed by atoms with Crippen LogP contribution < -0.4 is 0 Å². The Balaban J connectivity index is 1.44. The maximum atomic E-state index is 14.0. The van der Waals surface area contributed by atoms with Crippen molar-refractivity contribution in [3.05, 3.63) is 107 Å². The summed E-state index contributed by atoms with van der Waals surface area (Å²) in [6.45, 7) is 0. The normalized spacial score (nSPS) is 15.1. The molecule has 158 valence electrons. The van der Waals surface area contributed by atoms with Gasteiger partial charge in [-0.2, -0.15) is 0 Å². The predicted molar refractivity (Wildman–Crippen MR) is 119 cm³/mol. The number of benzene rings is 4. The highest BCUT2D eigenvalue weighted by molar-refractivity contribution is 5.94. The molecule has 5 heteroatoms. The average molecular weight is 426 g/mol. The second-order valence-corrected chi connectivity index (χ2v) is 7.90. The van der Waals surface area contributed by atoms with E-state index in [0.29, 0.717) is 11.1 Å². The zero-order valence-electron chi connectivity index (χ0n) is 17.0. The number of carbonyl (C=O) groups excluding carboxylic acids is 1. The van der Waals surface area contributed by atoms with Crippen molar-refractivity contribution in [1.82, 2.24) is 0 Å². The van der Waals surface area contributed by atoms with E-state index in [1.165, 1.54) is 12.1 Å². The molecule has 0 saturated heterocycles. The van der Waals surface area contributed by atoms with Crippen LogP contribution in [0.4, 0.5) is 4.39 Å². The van der Waals surface area contributed by atoms with Crippen LogP contribution in [0.25, 0.3) is 21.9 Å². The summed E-state index contributed by atoms with van der Waals surface area (Å²) in [7, 11) is 0. The van der Waals surface area contributed by atoms with Gasteiger partial charge >= 0.3 is 11.9 Å². The van der Waals surface area contributed by atoms with Gasteiger partial charge in [0.2, 0.25) is 6.10 Å². The fourth-order valence-corrected chi connectivity index (χ4v) is 4.40. The topological polar surface area (TPSA) is 63.6 Å². The zero-order chi connectivity index (χ0) is 22.2. The fraction of sp³-hybridized carbons (Fsp3) is 0.111. The van der Waals surface area contributed by atoms with Crippen LogP contribution in [0.5, 0.6) is 0 Å². The van der Waals surface area contributed by atoms with Crippen LogP contribution in [0.15, 0.2) is 84.9 Å². The molecule has 0 aromatic heterocycles. The van der Waals surface area contributed by atoms with Gasteiger partial charge in [-0.3, -0.25) is 4.79 Å².